The Morgan fingerprint density at radius 2 is 1.69 bits per heavy atom. The van der Waals surface area contributed by atoms with Crippen LogP contribution in [-0.4, -0.2) is 36.9 Å². The van der Waals surface area contributed by atoms with Gasteiger partial charge < -0.3 is 9.64 Å². The highest BCUT2D eigenvalue weighted by Gasteiger charge is 2.16. The van der Waals surface area contributed by atoms with E-state index in [2.05, 4.69) is 51.8 Å². The van der Waals surface area contributed by atoms with Gasteiger partial charge in [0.25, 0.3) is 0 Å². The zero-order valence-electron chi connectivity index (χ0n) is 16.7. The number of unbranched alkanes of at least 4 members (excludes halogenated alkanes) is 1. The first-order valence-corrected chi connectivity index (χ1v) is 9.33. The second-order valence-corrected chi connectivity index (χ2v) is 7.80. The summed E-state index contributed by atoms with van der Waals surface area (Å²) in [5.74, 6) is 0.695. The van der Waals surface area contributed by atoms with Gasteiger partial charge in [0.05, 0.1) is 12.2 Å². The first-order valence-electron chi connectivity index (χ1n) is 9.33. The molecule has 0 fully saturated rings. The number of carbonyl (C=O) groups is 1. The van der Waals surface area contributed by atoms with E-state index in [4.69, 9.17) is 4.74 Å². The summed E-state index contributed by atoms with van der Waals surface area (Å²) < 4.78 is 6.09. The monoisotopic (exact) mass is 353 g/mol. The second-order valence-electron chi connectivity index (χ2n) is 7.80. The third-order valence-corrected chi connectivity index (χ3v) is 4.89. The highest BCUT2D eigenvalue weighted by atomic mass is 16.5. The van der Waals surface area contributed by atoms with Crippen LogP contribution in [0.4, 0.5) is 0 Å². The van der Waals surface area contributed by atoms with Crippen molar-refractivity contribution in [3.8, 4) is 16.9 Å². The van der Waals surface area contributed by atoms with Crippen molar-refractivity contribution in [2.45, 2.75) is 46.1 Å². The number of nitrogens with zero attached hydrogens (tertiary/aromatic N) is 1. The van der Waals surface area contributed by atoms with Crippen molar-refractivity contribution in [3.63, 3.8) is 0 Å². The van der Waals surface area contributed by atoms with Gasteiger partial charge in [0.15, 0.2) is 6.29 Å². The highest BCUT2D eigenvalue weighted by Crippen LogP contribution is 2.34. The topological polar surface area (TPSA) is 29.5 Å². The minimum absolute atomic E-state index is 0.184. The smallest absolute Gasteiger partial charge is 0.153 e. The van der Waals surface area contributed by atoms with Crippen molar-refractivity contribution < 1.29 is 9.53 Å². The van der Waals surface area contributed by atoms with E-state index < -0.39 is 0 Å². The molecule has 3 nitrogen and oxygen atoms in total. The molecule has 0 N–H and O–H groups in total. The number of rotatable bonds is 8. The molecule has 26 heavy (non-hydrogen) atoms. The molecule has 0 radical (unpaired) electrons. The molecular weight excluding hydrogens is 322 g/mol. The highest BCUT2D eigenvalue weighted by molar-refractivity contribution is 5.86. The van der Waals surface area contributed by atoms with Gasteiger partial charge in [-0.3, -0.25) is 4.79 Å². The number of carbonyl (C=O) groups excluding carboxylic acids is 1. The molecular formula is C23H31NO2. The van der Waals surface area contributed by atoms with Gasteiger partial charge in [0, 0.05) is 11.1 Å². The first kappa shape index (κ1) is 20.2. The van der Waals surface area contributed by atoms with Gasteiger partial charge in [-0.1, -0.05) is 36.4 Å². The lowest BCUT2D eigenvalue weighted by molar-refractivity contribution is 0.111. The number of benzene rings is 2. The van der Waals surface area contributed by atoms with Gasteiger partial charge >= 0.3 is 0 Å². The van der Waals surface area contributed by atoms with Crippen molar-refractivity contribution in [2.24, 2.45) is 0 Å². The molecule has 0 heterocycles. The number of ether oxygens (including phenoxy) is 1. The minimum Gasteiger partial charge on any atom is -0.492 e. The van der Waals surface area contributed by atoms with Crippen LogP contribution >= 0.6 is 0 Å². The Bertz CT molecular complexity index is 731. The maximum absolute atomic E-state index is 11.5. The van der Waals surface area contributed by atoms with Crippen molar-refractivity contribution >= 4 is 6.29 Å². The molecule has 0 bridgehead atoms. The summed E-state index contributed by atoms with van der Waals surface area (Å²) >= 11 is 0. The molecule has 2 aromatic rings. The van der Waals surface area contributed by atoms with E-state index in [1.54, 1.807) is 0 Å². The summed E-state index contributed by atoms with van der Waals surface area (Å²) in [4.78, 5) is 13.8. The molecule has 0 aliphatic heterocycles. The van der Waals surface area contributed by atoms with Gasteiger partial charge in [-0.2, -0.15) is 0 Å². The van der Waals surface area contributed by atoms with E-state index in [1.807, 2.05) is 30.3 Å². The molecule has 2 aromatic carbocycles. The van der Waals surface area contributed by atoms with Gasteiger partial charge in [-0.15, -0.1) is 0 Å². The van der Waals surface area contributed by atoms with Crippen LogP contribution in [0, 0.1) is 6.92 Å². The molecule has 0 amide bonds. The predicted octanol–water partition coefficient (Wildman–Crippen LogP) is 5.36. The third kappa shape index (κ3) is 5.18. The van der Waals surface area contributed by atoms with Crippen LogP contribution in [0.2, 0.25) is 0 Å². The third-order valence-electron chi connectivity index (χ3n) is 4.89. The lowest BCUT2D eigenvalue weighted by atomic mass is 9.98. The lowest BCUT2D eigenvalue weighted by Gasteiger charge is -2.31. The number of hydrogen-bond donors (Lipinski definition) is 0. The Hall–Kier alpha value is -2.13. The second kappa shape index (κ2) is 9.00. The summed E-state index contributed by atoms with van der Waals surface area (Å²) in [7, 11) is 2.15. The van der Waals surface area contributed by atoms with Crippen molar-refractivity contribution in [1.82, 2.24) is 4.90 Å². The molecule has 0 aliphatic rings. The van der Waals surface area contributed by atoms with E-state index >= 15 is 0 Å². The largest absolute Gasteiger partial charge is 0.492 e. The van der Waals surface area contributed by atoms with Gasteiger partial charge in [-0.25, -0.2) is 0 Å². The maximum Gasteiger partial charge on any atom is 0.153 e. The Labute approximate surface area is 158 Å². The zero-order chi connectivity index (χ0) is 19.2. The normalized spacial score (nSPS) is 11.6. The van der Waals surface area contributed by atoms with E-state index in [9.17, 15) is 4.79 Å². The molecule has 0 aromatic heterocycles. The molecule has 0 saturated heterocycles. The first-order chi connectivity index (χ1) is 12.3. The van der Waals surface area contributed by atoms with E-state index in [0.717, 1.165) is 36.8 Å². The Morgan fingerprint density at radius 1 is 1.00 bits per heavy atom. The predicted molar refractivity (Wildman–Crippen MR) is 109 cm³/mol. The van der Waals surface area contributed by atoms with E-state index in [-0.39, 0.29) is 5.54 Å². The molecule has 0 aliphatic carbocycles. The molecule has 0 spiro atoms. The summed E-state index contributed by atoms with van der Waals surface area (Å²) in [5.41, 5.74) is 4.06. The van der Waals surface area contributed by atoms with Gasteiger partial charge in [0.1, 0.15) is 5.75 Å². The lowest BCUT2D eigenvalue weighted by Crippen LogP contribution is -2.38. The molecule has 0 saturated carbocycles. The van der Waals surface area contributed by atoms with E-state index in [1.165, 1.54) is 5.56 Å². The summed E-state index contributed by atoms with van der Waals surface area (Å²) in [6, 6.07) is 13.9. The summed E-state index contributed by atoms with van der Waals surface area (Å²) in [6.07, 6.45) is 2.90. The maximum atomic E-state index is 11.5. The number of aldehydes is 1. The molecule has 140 valence electrons. The quantitative estimate of drug-likeness (QED) is 0.472. The van der Waals surface area contributed by atoms with Crippen LogP contribution in [0.15, 0.2) is 42.5 Å². The molecule has 0 atom stereocenters. The fourth-order valence-corrected chi connectivity index (χ4v) is 2.86. The Kier molecular flexibility index (Phi) is 6.98. The van der Waals surface area contributed by atoms with Crippen LogP contribution in [0.1, 0.15) is 49.5 Å². The van der Waals surface area contributed by atoms with Crippen LogP contribution in [0.5, 0.6) is 5.75 Å². The van der Waals surface area contributed by atoms with Crippen LogP contribution in [0.3, 0.4) is 0 Å². The van der Waals surface area contributed by atoms with Crippen molar-refractivity contribution in [3.05, 3.63) is 53.6 Å². The van der Waals surface area contributed by atoms with Gasteiger partial charge in [0.2, 0.25) is 0 Å². The molecule has 2 rings (SSSR count). The van der Waals surface area contributed by atoms with Crippen LogP contribution in [0.25, 0.3) is 11.1 Å². The van der Waals surface area contributed by atoms with Crippen molar-refractivity contribution in [1.29, 1.82) is 0 Å². The summed E-state index contributed by atoms with van der Waals surface area (Å²) in [6.45, 7) is 10.4. The average molecular weight is 354 g/mol. The van der Waals surface area contributed by atoms with E-state index in [0.29, 0.717) is 17.9 Å². The average Bonchev–Trinajstić information content (AvgIpc) is 2.61. The molecule has 0 unspecified atom stereocenters. The fourth-order valence-electron chi connectivity index (χ4n) is 2.86. The fraction of sp³-hybridized carbons (Fsp3) is 0.435. The number of para-hydroxylation sites is 1. The summed E-state index contributed by atoms with van der Waals surface area (Å²) in [5, 5.41) is 0. The number of hydrogen-bond acceptors (Lipinski definition) is 3. The zero-order valence-corrected chi connectivity index (χ0v) is 16.7. The number of aryl methyl sites for hydroxylation is 1. The van der Waals surface area contributed by atoms with Crippen LogP contribution < -0.4 is 4.74 Å². The van der Waals surface area contributed by atoms with Crippen LogP contribution in [-0.2, 0) is 0 Å². The standard InChI is InChI=1S/C23H31NO2/c1-18-11-6-7-13-20(18)21-14-10-12-19(17-25)22(21)26-16-9-8-15-24(5)23(2,3)4/h6-7,10-14,17H,8-9,15-16H2,1-5H3. The van der Waals surface area contributed by atoms with Gasteiger partial charge in [-0.05, 0) is 71.3 Å². The van der Waals surface area contributed by atoms with Crippen molar-refractivity contribution in [2.75, 3.05) is 20.2 Å². The Morgan fingerprint density at radius 3 is 2.35 bits per heavy atom. The SMILES string of the molecule is Cc1ccccc1-c1cccc(C=O)c1OCCCCN(C)C(C)(C)C. The minimum atomic E-state index is 0.184. The Balaban J connectivity index is 2.07. The molecule has 3 heteroatoms.